The first-order valence-corrected chi connectivity index (χ1v) is 5.12. The standard InChI is InChI=1S/C11H10ClN3O/c12-10-5-6-11(15-14-10)16-9-3-1-8(7-13)2-4-9/h1-6H,7,13H2. The molecule has 0 aliphatic rings. The minimum Gasteiger partial charge on any atom is -0.438 e. The zero-order valence-electron chi connectivity index (χ0n) is 8.43. The molecule has 82 valence electrons. The van der Waals surface area contributed by atoms with Gasteiger partial charge in [0.25, 0.3) is 0 Å². The molecule has 0 aliphatic heterocycles. The van der Waals surface area contributed by atoms with Crippen molar-refractivity contribution in [3.63, 3.8) is 0 Å². The molecule has 1 aromatic heterocycles. The van der Waals surface area contributed by atoms with Gasteiger partial charge in [0, 0.05) is 12.6 Å². The van der Waals surface area contributed by atoms with Gasteiger partial charge in [-0.15, -0.1) is 10.2 Å². The summed E-state index contributed by atoms with van der Waals surface area (Å²) in [6.07, 6.45) is 0. The fourth-order valence-electron chi connectivity index (χ4n) is 1.17. The van der Waals surface area contributed by atoms with Gasteiger partial charge in [0.2, 0.25) is 5.88 Å². The number of hydrogen-bond acceptors (Lipinski definition) is 4. The van der Waals surface area contributed by atoms with Crippen molar-refractivity contribution < 1.29 is 4.74 Å². The van der Waals surface area contributed by atoms with Gasteiger partial charge in [-0.05, 0) is 23.8 Å². The van der Waals surface area contributed by atoms with Gasteiger partial charge in [0.15, 0.2) is 5.15 Å². The van der Waals surface area contributed by atoms with Crippen LogP contribution in [0.5, 0.6) is 11.6 Å². The van der Waals surface area contributed by atoms with Crippen molar-refractivity contribution in [1.29, 1.82) is 0 Å². The van der Waals surface area contributed by atoms with Crippen LogP contribution in [-0.2, 0) is 6.54 Å². The van der Waals surface area contributed by atoms with E-state index in [0.29, 0.717) is 23.3 Å². The maximum absolute atomic E-state index is 5.61. The third-order valence-electron chi connectivity index (χ3n) is 1.99. The van der Waals surface area contributed by atoms with E-state index in [9.17, 15) is 0 Å². The number of hydrogen-bond donors (Lipinski definition) is 1. The molecule has 0 saturated carbocycles. The maximum atomic E-state index is 5.61. The zero-order chi connectivity index (χ0) is 11.4. The second-order valence-corrected chi connectivity index (χ2v) is 3.53. The molecule has 4 nitrogen and oxygen atoms in total. The van der Waals surface area contributed by atoms with Crippen molar-refractivity contribution in [1.82, 2.24) is 10.2 Å². The Balaban J connectivity index is 2.11. The summed E-state index contributed by atoms with van der Waals surface area (Å²) < 4.78 is 5.46. The summed E-state index contributed by atoms with van der Waals surface area (Å²) in [7, 11) is 0. The van der Waals surface area contributed by atoms with Crippen LogP contribution >= 0.6 is 11.6 Å². The third kappa shape index (κ3) is 2.68. The first-order chi connectivity index (χ1) is 7.78. The number of halogens is 1. The van der Waals surface area contributed by atoms with E-state index in [1.165, 1.54) is 0 Å². The zero-order valence-corrected chi connectivity index (χ0v) is 9.19. The maximum Gasteiger partial charge on any atom is 0.238 e. The summed E-state index contributed by atoms with van der Waals surface area (Å²) in [6, 6.07) is 10.7. The van der Waals surface area contributed by atoms with Crippen LogP contribution in [0, 0.1) is 0 Å². The topological polar surface area (TPSA) is 61.0 Å². The molecule has 2 rings (SSSR count). The monoisotopic (exact) mass is 235 g/mol. The number of aromatic nitrogens is 2. The average Bonchev–Trinajstić information content (AvgIpc) is 2.33. The molecular weight excluding hydrogens is 226 g/mol. The smallest absolute Gasteiger partial charge is 0.238 e. The summed E-state index contributed by atoms with van der Waals surface area (Å²) in [5.41, 5.74) is 6.54. The van der Waals surface area contributed by atoms with Crippen LogP contribution in [0.2, 0.25) is 5.15 Å². The number of rotatable bonds is 3. The Hall–Kier alpha value is -1.65. The Labute approximate surface area is 98.0 Å². The third-order valence-corrected chi connectivity index (χ3v) is 2.19. The largest absolute Gasteiger partial charge is 0.438 e. The molecule has 0 amide bonds. The number of ether oxygens (including phenoxy) is 1. The van der Waals surface area contributed by atoms with E-state index in [4.69, 9.17) is 22.1 Å². The lowest BCUT2D eigenvalue weighted by molar-refractivity contribution is 0.455. The molecule has 16 heavy (non-hydrogen) atoms. The first kappa shape index (κ1) is 10.9. The Morgan fingerprint density at radius 2 is 1.81 bits per heavy atom. The molecule has 0 atom stereocenters. The van der Waals surface area contributed by atoms with Crippen LogP contribution in [-0.4, -0.2) is 10.2 Å². The van der Waals surface area contributed by atoms with E-state index >= 15 is 0 Å². The number of nitrogens with zero attached hydrogens (tertiary/aromatic N) is 2. The van der Waals surface area contributed by atoms with Crippen molar-refractivity contribution in [3.05, 3.63) is 47.1 Å². The van der Waals surface area contributed by atoms with Gasteiger partial charge in [-0.25, -0.2) is 0 Å². The van der Waals surface area contributed by atoms with E-state index < -0.39 is 0 Å². The first-order valence-electron chi connectivity index (χ1n) is 4.74. The normalized spacial score (nSPS) is 10.1. The van der Waals surface area contributed by atoms with Gasteiger partial charge in [0.05, 0.1) is 0 Å². The Morgan fingerprint density at radius 3 is 2.38 bits per heavy atom. The predicted octanol–water partition coefficient (Wildman–Crippen LogP) is 2.38. The van der Waals surface area contributed by atoms with E-state index in [1.54, 1.807) is 12.1 Å². The Bertz CT molecular complexity index is 456. The Kier molecular flexibility index (Phi) is 3.34. The molecule has 5 heteroatoms. The van der Waals surface area contributed by atoms with Gasteiger partial charge >= 0.3 is 0 Å². The number of benzene rings is 1. The van der Waals surface area contributed by atoms with Gasteiger partial charge in [0.1, 0.15) is 5.75 Å². The molecule has 2 aromatic rings. The number of nitrogens with two attached hydrogens (primary N) is 1. The fourth-order valence-corrected chi connectivity index (χ4v) is 1.27. The molecule has 1 aromatic carbocycles. The molecule has 0 saturated heterocycles. The van der Waals surface area contributed by atoms with Crippen LogP contribution in [0.3, 0.4) is 0 Å². The lowest BCUT2D eigenvalue weighted by Crippen LogP contribution is -1.95. The highest BCUT2D eigenvalue weighted by atomic mass is 35.5. The van der Waals surface area contributed by atoms with E-state index in [0.717, 1.165) is 5.56 Å². The fraction of sp³-hybridized carbons (Fsp3) is 0.0909. The summed E-state index contributed by atoms with van der Waals surface area (Å²) in [5.74, 6) is 1.10. The van der Waals surface area contributed by atoms with Gasteiger partial charge < -0.3 is 10.5 Å². The lowest BCUT2D eigenvalue weighted by atomic mass is 10.2. The van der Waals surface area contributed by atoms with Gasteiger partial charge in [-0.1, -0.05) is 23.7 Å². The molecule has 1 heterocycles. The minimum absolute atomic E-state index is 0.339. The van der Waals surface area contributed by atoms with Crippen molar-refractivity contribution in [2.75, 3.05) is 0 Å². The van der Waals surface area contributed by atoms with Crippen molar-refractivity contribution >= 4 is 11.6 Å². The molecule has 0 spiro atoms. The highest BCUT2D eigenvalue weighted by Gasteiger charge is 1.99. The van der Waals surface area contributed by atoms with Crippen molar-refractivity contribution in [3.8, 4) is 11.6 Å². The molecule has 2 N–H and O–H groups in total. The van der Waals surface area contributed by atoms with E-state index in [1.807, 2.05) is 24.3 Å². The molecule has 0 aliphatic carbocycles. The lowest BCUT2D eigenvalue weighted by Gasteiger charge is -2.04. The quantitative estimate of drug-likeness (QED) is 0.887. The molecule has 0 fully saturated rings. The molecule has 0 bridgehead atoms. The second-order valence-electron chi connectivity index (χ2n) is 3.14. The van der Waals surface area contributed by atoms with Crippen LogP contribution in [0.25, 0.3) is 0 Å². The molecule has 0 radical (unpaired) electrons. The highest BCUT2D eigenvalue weighted by molar-refractivity contribution is 6.29. The SMILES string of the molecule is NCc1ccc(Oc2ccc(Cl)nn2)cc1. The van der Waals surface area contributed by atoms with Crippen LogP contribution < -0.4 is 10.5 Å². The summed E-state index contributed by atoms with van der Waals surface area (Å²) >= 11 is 5.61. The van der Waals surface area contributed by atoms with Crippen LogP contribution in [0.1, 0.15) is 5.56 Å². The Morgan fingerprint density at radius 1 is 1.06 bits per heavy atom. The van der Waals surface area contributed by atoms with Crippen molar-refractivity contribution in [2.45, 2.75) is 6.54 Å². The highest BCUT2D eigenvalue weighted by Crippen LogP contribution is 2.19. The van der Waals surface area contributed by atoms with Gasteiger partial charge in [-0.2, -0.15) is 0 Å². The second kappa shape index (κ2) is 4.92. The predicted molar refractivity (Wildman–Crippen MR) is 61.4 cm³/mol. The van der Waals surface area contributed by atoms with Crippen molar-refractivity contribution in [2.24, 2.45) is 5.73 Å². The molecule has 0 unspecified atom stereocenters. The summed E-state index contributed by atoms with van der Waals surface area (Å²) in [6.45, 7) is 0.515. The van der Waals surface area contributed by atoms with Crippen LogP contribution in [0.4, 0.5) is 0 Å². The molecular formula is C11H10ClN3O. The van der Waals surface area contributed by atoms with Crippen LogP contribution in [0.15, 0.2) is 36.4 Å². The average molecular weight is 236 g/mol. The van der Waals surface area contributed by atoms with E-state index in [2.05, 4.69) is 10.2 Å². The minimum atomic E-state index is 0.339. The summed E-state index contributed by atoms with van der Waals surface area (Å²) in [4.78, 5) is 0. The van der Waals surface area contributed by atoms with E-state index in [-0.39, 0.29) is 0 Å². The summed E-state index contributed by atoms with van der Waals surface area (Å²) in [5, 5.41) is 7.81. The van der Waals surface area contributed by atoms with Gasteiger partial charge in [-0.3, -0.25) is 0 Å².